The smallest absolute Gasteiger partial charge is 0.269 e. The summed E-state index contributed by atoms with van der Waals surface area (Å²) in [5, 5.41) is 3.09. The fourth-order valence-corrected chi connectivity index (χ4v) is 3.39. The topological polar surface area (TPSA) is 64.0 Å². The number of hydrogen-bond donors (Lipinski definition) is 1. The molecule has 3 aromatic carbocycles. The van der Waals surface area contributed by atoms with Crippen LogP contribution in [0.1, 0.15) is 22.7 Å². The third-order valence-electron chi connectivity index (χ3n) is 4.90. The average Bonchev–Trinajstić information content (AvgIpc) is 2.75. The number of aryl methyl sites for hydroxylation is 1. The van der Waals surface area contributed by atoms with Gasteiger partial charge in [0.25, 0.3) is 5.56 Å². The first-order valence-corrected chi connectivity index (χ1v) is 9.47. The van der Waals surface area contributed by atoms with Crippen molar-refractivity contribution in [2.75, 3.05) is 0 Å². The maximum Gasteiger partial charge on any atom is 0.269 e. The van der Waals surface area contributed by atoms with Crippen LogP contribution in [-0.4, -0.2) is 15.5 Å². The van der Waals surface area contributed by atoms with E-state index in [4.69, 9.17) is 0 Å². The van der Waals surface area contributed by atoms with Gasteiger partial charge in [0.15, 0.2) is 0 Å². The number of carbonyl (C=O) groups excluding carboxylic acids is 1. The lowest BCUT2D eigenvalue weighted by Gasteiger charge is -2.21. The molecule has 0 aliphatic heterocycles. The zero-order chi connectivity index (χ0) is 20.2. The highest BCUT2D eigenvalue weighted by molar-refractivity contribution is 5.80. The second-order valence-corrected chi connectivity index (χ2v) is 6.99. The molecule has 1 N–H and O–H groups in total. The number of rotatable bonds is 5. The Bertz CT molecular complexity index is 1200. The Morgan fingerprint density at radius 3 is 2.34 bits per heavy atom. The van der Waals surface area contributed by atoms with Crippen molar-refractivity contribution in [1.82, 2.24) is 14.9 Å². The van der Waals surface area contributed by atoms with E-state index in [1.54, 1.807) is 6.07 Å². The standard InChI is InChI=1S/C24H21N3O2/c1-17-11-13-19(14-12-17)24(18-7-3-2-4-8-18)26-22(28)16-27-21-10-6-5-9-20(21)25-15-23(27)29/h2-15,24H,16H2,1H3,(H,26,28). The Morgan fingerprint density at radius 2 is 1.59 bits per heavy atom. The lowest BCUT2D eigenvalue weighted by atomic mass is 9.98. The number of fused-ring (bicyclic) bond motifs is 1. The summed E-state index contributed by atoms with van der Waals surface area (Å²) in [6.07, 6.45) is 1.25. The van der Waals surface area contributed by atoms with Crippen molar-refractivity contribution >= 4 is 16.9 Å². The summed E-state index contributed by atoms with van der Waals surface area (Å²) in [7, 11) is 0. The molecule has 0 aliphatic carbocycles. The van der Waals surface area contributed by atoms with Crippen molar-refractivity contribution in [3.05, 3.63) is 112 Å². The van der Waals surface area contributed by atoms with Gasteiger partial charge in [-0.15, -0.1) is 0 Å². The molecule has 1 heterocycles. The van der Waals surface area contributed by atoms with Crippen LogP contribution in [0.15, 0.2) is 89.9 Å². The molecule has 0 spiro atoms. The molecule has 1 atom stereocenters. The second kappa shape index (κ2) is 8.10. The van der Waals surface area contributed by atoms with E-state index in [2.05, 4.69) is 10.3 Å². The zero-order valence-corrected chi connectivity index (χ0v) is 16.1. The summed E-state index contributed by atoms with van der Waals surface area (Å²) >= 11 is 0. The summed E-state index contributed by atoms with van der Waals surface area (Å²) in [6.45, 7) is 1.96. The van der Waals surface area contributed by atoms with Gasteiger partial charge in [0, 0.05) is 0 Å². The van der Waals surface area contributed by atoms with Crippen molar-refractivity contribution in [3.63, 3.8) is 0 Å². The Hall–Kier alpha value is -3.73. The van der Waals surface area contributed by atoms with Gasteiger partial charge in [0.2, 0.25) is 5.91 Å². The minimum Gasteiger partial charge on any atom is -0.344 e. The van der Waals surface area contributed by atoms with Crippen molar-refractivity contribution in [1.29, 1.82) is 0 Å². The van der Waals surface area contributed by atoms with E-state index in [9.17, 15) is 9.59 Å². The molecule has 0 aliphatic rings. The lowest BCUT2D eigenvalue weighted by Crippen LogP contribution is -2.35. The maximum atomic E-state index is 12.9. The number of carbonyl (C=O) groups is 1. The van der Waals surface area contributed by atoms with Gasteiger partial charge in [0.05, 0.1) is 23.3 Å². The van der Waals surface area contributed by atoms with Gasteiger partial charge >= 0.3 is 0 Å². The maximum absolute atomic E-state index is 12.9. The number of aromatic nitrogens is 2. The van der Waals surface area contributed by atoms with E-state index >= 15 is 0 Å². The Kier molecular flexibility index (Phi) is 5.20. The molecular weight excluding hydrogens is 362 g/mol. The summed E-state index contributed by atoms with van der Waals surface area (Å²) in [4.78, 5) is 29.4. The molecule has 0 saturated heterocycles. The summed E-state index contributed by atoms with van der Waals surface area (Å²) in [5.41, 5.74) is 4.14. The van der Waals surface area contributed by atoms with Crippen LogP contribution in [-0.2, 0) is 11.3 Å². The molecular formula is C24H21N3O2. The first-order valence-electron chi connectivity index (χ1n) is 9.47. The van der Waals surface area contributed by atoms with Crippen LogP contribution in [0.25, 0.3) is 11.0 Å². The van der Waals surface area contributed by atoms with E-state index < -0.39 is 0 Å². The SMILES string of the molecule is Cc1ccc(C(NC(=O)Cn2c(=O)cnc3ccccc32)c2ccccc2)cc1. The Labute approximate surface area is 168 Å². The van der Waals surface area contributed by atoms with Crippen LogP contribution in [0.2, 0.25) is 0 Å². The molecule has 0 radical (unpaired) electrons. The van der Waals surface area contributed by atoms with Gasteiger partial charge in [-0.3, -0.25) is 14.2 Å². The number of hydrogen-bond acceptors (Lipinski definition) is 3. The average molecular weight is 383 g/mol. The molecule has 4 rings (SSSR count). The summed E-state index contributed by atoms with van der Waals surface area (Å²) < 4.78 is 1.45. The second-order valence-electron chi connectivity index (χ2n) is 6.99. The van der Waals surface area contributed by atoms with Gasteiger partial charge in [-0.1, -0.05) is 72.3 Å². The van der Waals surface area contributed by atoms with E-state index in [0.29, 0.717) is 11.0 Å². The Balaban J connectivity index is 1.65. The molecule has 29 heavy (non-hydrogen) atoms. The van der Waals surface area contributed by atoms with E-state index in [0.717, 1.165) is 16.7 Å². The monoisotopic (exact) mass is 383 g/mol. The normalized spacial score (nSPS) is 11.9. The Morgan fingerprint density at radius 1 is 0.931 bits per heavy atom. The molecule has 5 heteroatoms. The highest BCUT2D eigenvalue weighted by atomic mass is 16.2. The minimum absolute atomic E-state index is 0.0724. The molecule has 5 nitrogen and oxygen atoms in total. The fourth-order valence-electron chi connectivity index (χ4n) is 3.39. The largest absolute Gasteiger partial charge is 0.344 e. The number of para-hydroxylation sites is 2. The van der Waals surface area contributed by atoms with Crippen molar-refractivity contribution in [2.45, 2.75) is 19.5 Å². The molecule has 144 valence electrons. The number of nitrogens with one attached hydrogen (secondary N) is 1. The van der Waals surface area contributed by atoms with Crippen LogP contribution in [0.3, 0.4) is 0 Å². The molecule has 1 amide bonds. The predicted molar refractivity (Wildman–Crippen MR) is 114 cm³/mol. The zero-order valence-electron chi connectivity index (χ0n) is 16.1. The van der Waals surface area contributed by atoms with Gasteiger partial charge in [-0.25, -0.2) is 4.98 Å². The van der Waals surface area contributed by atoms with Crippen LogP contribution < -0.4 is 10.9 Å². The summed E-state index contributed by atoms with van der Waals surface area (Å²) in [6, 6.07) is 24.9. The van der Waals surface area contributed by atoms with Gasteiger partial charge in [-0.05, 0) is 30.2 Å². The van der Waals surface area contributed by atoms with E-state index in [-0.39, 0.29) is 24.1 Å². The molecule has 0 bridgehead atoms. The van der Waals surface area contributed by atoms with Gasteiger partial charge in [-0.2, -0.15) is 0 Å². The van der Waals surface area contributed by atoms with Crippen LogP contribution in [0.5, 0.6) is 0 Å². The first-order chi connectivity index (χ1) is 14.1. The van der Waals surface area contributed by atoms with Crippen LogP contribution in [0.4, 0.5) is 0 Å². The predicted octanol–water partition coefficient (Wildman–Crippen LogP) is 3.61. The summed E-state index contributed by atoms with van der Waals surface area (Å²) in [5.74, 6) is -0.238. The highest BCUT2D eigenvalue weighted by Crippen LogP contribution is 2.22. The van der Waals surface area contributed by atoms with Crippen LogP contribution >= 0.6 is 0 Å². The minimum atomic E-state index is -0.301. The highest BCUT2D eigenvalue weighted by Gasteiger charge is 2.18. The molecule has 4 aromatic rings. The molecule has 1 aromatic heterocycles. The van der Waals surface area contributed by atoms with Gasteiger partial charge < -0.3 is 5.32 Å². The number of amides is 1. The van der Waals surface area contributed by atoms with Crippen molar-refractivity contribution < 1.29 is 4.79 Å². The molecule has 0 fully saturated rings. The lowest BCUT2D eigenvalue weighted by molar-refractivity contribution is -0.122. The first kappa shape index (κ1) is 18.6. The number of benzene rings is 3. The third-order valence-corrected chi connectivity index (χ3v) is 4.90. The molecule has 1 unspecified atom stereocenters. The third kappa shape index (κ3) is 4.09. The van der Waals surface area contributed by atoms with E-state index in [1.165, 1.54) is 10.8 Å². The molecule has 0 saturated carbocycles. The van der Waals surface area contributed by atoms with Gasteiger partial charge in [0.1, 0.15) is 6.54 Å². The van der Waals surface area contributed by atoms with Crippen molar-refractivity contribution in [3.8, 4) is 0 Å². The van der Waals surface area contributed by atoms with Crippen molar-refractivity contribution in [2.24, 2.45) is 0 Å². The van der Waals surface area contributed by atoms with E-state index in [1.807, 2.05) is 79.7 Å². The quantitative estimate of drug-likeness (QED) is 0.573. The van der Waals surface area contributed by atoms with Crippen LogP contribution in [0, 0.1) is 6.92 Å². The fraction of sp³-hybridized carbons (Fsp3) is 0.125. The number of nitrogens with zero attached hydrogens (tertiary/aromatic N) is 2.